The molecule has 26 heavy (non-hydrogen) atoms. The van der Waals surface area contributed by atoms with Crippen molar-refractivity contribution >= 4 is 5.78 Å². The standard InChI is InChI=1S/C22H34N2O2/c1-17(2)7-12-24-13-8-19(9-14-24)22(10-15-26-18(3)16-22)21(25)20-6-4-5-11-23-20/h4-6,11,17-19H,7-10,12-16H2,1-3H3. The quantitative estimate of drug-likeness (QED) is 0.715. The number of Topliss-reactive ketones (excluding diaryl/α,β-unsaturated/α-hetero) is 1. The van der Waals surface area contributed by atoms with Gasteiger partial charge in [0.25, 0.3) is 0 Å². The molecule has 3 heterocycles. The highest BCUT2D eigenvalue weighted by atomic mass is 16.5. The maximum atomic E-state index is 13.5. The fourth-order valence-corrected chi connectivity index (χ4v) is 4.78. The topological polar surface area (TPSA) is 42.4 Å². The summed E-state index contributed by atoms with van der Waals surface area (Å²) in [5.74, 6) is 1.44. The largest absolute Gasteiger partial charge is 0.378 e. The van der Waals surface area contributed by atoms with Crippen molar-refractivity contribution in [1.82, 2.24) is 9.88 Å². The Morgan fingerprint density at radius 2 is 2.12 bits per heavy atom. The van der Waals surface area contributed by atoms with Gasteiger partial charge < -0.3 is 9.64 Å². The summed E-state index contributed by atoms with van der Waals surface area (Å²) in [5, 5.41) is 0. The molecule has 2 atom stereocenters. The van der Waals surface area contributed by atoms with Gasteiger partial charge in [0.2, 0.25) is 0 Å². The van der Waals surface area contributed by atoms with Crippen LogP contribution in [0.5, 0.6) is 0 Å². The van der Waals surface area contributed by atoms with E-state index < -0.39 is 0 Å². The van der Waals surface area contributed by atoms with Crippen molar-refractivity contribution in [2.45, 2.75) is 59.0 Å². The Hall–Kier alpha value is -1.26. The minimum Gasteiger partial charge on any atom is -0.378 e. The summed E-state index contributed by atoms with van der Waals surface area (Å²) in [6.07, 6.45) is 7.04. The molecule has 144 valence electrons. The van der Waals surface area contributed by atoms with Crippen molar-refractivity contribution < 1.29 is 9.53 Å². The van der Waals surface area contributed by atoms with E-state index in [4.69, 9.17) is 4.74 Å². The summed E-state index contributed by atoms with van der Waals surface area (Å²) >= 11 is 0. The maximum absolute atomic E-state index is 13.5. The summed E-state index contributed by atoms with van der Waals surface area (Å²) in [6.45, 7) is 10.8. The van der Waals surface area contributed by atoms with Crippen molar-refractivity contribution in [1.29, 1.82) is 0 Å². The average molecular weight is 359 g/mol. The van der Waals surface area contributed by atoms with Gasteiger partial charge in [-0.3, -0.25) is 9.78 Å². The third kappa shape index (κ3) is 4.34. The molecule has 4 nitrogen and oxygen atoms in total. The minimum absolute atomic E-state index is 0.149. The number of carbonyl (C=O) groups is 1. The Morgan fingerprint density at radius 3 is 2.73 bits per heavy atom. The van der Waals surface area contributed by atoms with Crippen LogP contribution in [0, 0.1) is 17.3 Å². The van der Waals surface area contributed by atoms with Crippen LogP contribution in [0.4, 0.5) is 0 Å². The first kappa shape index (κ1) is 19.5. The lowest BCUT2D eigenvalue weighted by Crippen LogP contribution is -2.50. The fourth-order valence-electron chi connectivity index (χ4n) is 4.78. The van der Waals surface area contributed by atoms with Crippen LogP contribution < -0.4 is 0 Å². The van der Waals surface area contributed by atoms with E-state index in [9.17, 15) is 4.79 Å². The van der Waals surface area contributed by atoms with E-state index in [1.165, 1.54) is 13.0 Å². The van der Waals surface area contributed by atoms with E-state index in [1.807, 2.05) is 18.2 Å². The zero-order valence-corrected chi connectivity index (χ0v) is 16.6. The number of aromatic nitrogens is 1. The van der Waals surface area contributed by atoms with E-state index in [1.54, 1.807) is 6.20 Å². The molecule has 2 aliphatic heterocycles. The van der Waals surface area contributed by atoms with Crippen LogP contribution in [-0.4, -0.2) is 48.0 Å². The number of ether oxygens (including phenoxy) is 1. The molecule has 0 spiro atoms. The molecule has 0 amide bonds. The average Bonchev–Trinajstić information content (AvgIpc) is 2.66. The van der Waals surface area contributed by atoms with Crippen molar-refractivity contribution in [3.8, 4) is 0 Å². The molecular formula is C22H34N2O2. The third-order valence-electron chi connectivity index (χ3n) is 6.34. The van der Waals surface area contributed by atoms with E-state index in [0.29, 0.717) is 18.2 Å². The van der Waals surface area contributed by atoms with Crippen LogP contribution in [0.25, 0.3) is 0 Å². The number of carbonyl (C=O) groups excluding carboxylic acids is 1. The van der Waals surface area contributed by atoms with Gasteiger partial charge in [-0.05, 0) is 82.6 Å². The van der Waals surface area contributed by atoms with E-state index in [0.717, 1.165) is 44.7 Å². The Morgan fingerprint density at radius 1 is 1.35 bits per heavy atom. The summed E-state index contributed by atoms with van der Waals surface area (Å²) in [6, 6.07) is 5.68. The molecule has 0 aliphatic carbocycles. The molecule has 2 unspecified atom stereocenters. The van der Waals surface area contributed by atoms with Crippen LogP contribution in [0.1, 0.15) is 63.4 Å². The summed E-state index contributed by atoms with van der Waals surface area (Å²) in [4.78, 5) is 20.5. The van der Waals surface area contributed by atoms with Gasteiger partial charge in [-0.2, -0.15) is 0 Å². The zero-order valence-electron chi connectivity index (χ0n) is 16.6. The number of rotatable bonds is 6. The highest BCUT2D eigenvalue weighted by molar-refractivity contribution is 5.99. The Kier molecular flexibility index (Phi) is 6.46. The van der Waals surface area contributed by atoms with Gasteiger partial charge >= 0.3 is 0 Å². The third-order valence-corrected chi connectivity index (χ3v) is 6.34. The molecule has 4 heteroatoms. The summed E-state index contributed by atoms with van der Waals surface area (Å²) in [5.41, 5.74) is 0.333. The number of piperidine rings is 1. The monoisotopic (exact) mass is 358 g/mol. The first-order valence-electron chi connectivity index (χ1n) is 10.3. The molecule has 0 saturated carbocycles. The molecule has 3 rings (SSSR count). The normalized spacial score (nSPS) is 28.4. The fraction of sp³-hybridized carbons (Fsp3) is 0.727. The lowest BCUT2D eigenvalue weighted by atomic mass is 9.62. The van der Waals surface area contributed by atoms with E-state index >= 15 is 0 Å². The van der Waals surface area contributed by atoms with Gasteiger partial charge in [0, 0.05) is 18.2 Å². The van der Waals surface area contributed by atoms with Gasteiger partial charge in [0.15, 0.2) is 5.78 Å². The maximum Gasteiger partial charge on any atom is 0.187 e. The smallest absolute Gasteiger partial charge is 0.187 e. The van der Waals surface area contributed by atoms with Gasteiger partial charge in [-0.25, -0.2) is 0 Å². The van der Waals surface area contributed by atoms with Crippen molar-refractivity contribution in [2.24, 2.45) is 17.3 Å². The molecule has 1 aromatic rings. The number of ketones is 1. The predicted molar refractivity (Wildman–Crippen MR) is 104 cm³/mol. The van der Waals surface area contributed by atoms with E-state index in [-0.39, 0.29) is 17.3 Å². The second-order valence-corrected chi connectivity index (χ2v) is 8.63. The van der Waals surface area contributed by atoms with Gasteiger partial charge in [-0.15, -0.1) is 0 Å². The van der Waals surface area contributed by atoms with Crippen LogP contribution in [0.2, 0.25) is 0 Å². The van der Waals surface area contributed by atoms with Crippen LogP contribution >= 0.6 is 0 Å². The van der Waals surface area contributed by atoms with Crippen LogP contribution in [-0.2, 0) is 4.74 Å². The SMILES string of the molecule is CC(C)CCN1CCC(C2(C(=O)c3ccccn3)CCOC(C)C2)CC1. The van der Waals surface area contributed by atoms with Crippen molar-refractivity contribution in [2.75, 3.05) is 26.2 Å². The zero-order chi connectivity index (χ0) is 18.6. The van der Waals surface area contributed by atoms with Crippen LogP contribution in [0.15, 0.2) is 24.4 Å². The minimum atomic E-state index is -0.295. The highest BCUT2D eigenvalue weighted by Crippen LogP contribution is 2.47. The molecule has 0 N–H and O–H groups in total. The number of likely N-dealkylation sites (tertiary alicyclic amines) is 1. The molecule has 2 aliphatic rings. The predicted octanol–water partition coefficient (Wildman–Crippen LogP) is 4.21. The number of hydrogen-bond acceptors (Lipinski definition) is 4. The molecule has 2 fully saturated rings. The molecular weight excluding hydrogens is 324 g/mol. The molecule has 2 saturated heterocycles. The van der Waals surface area contributed by atoms with Gasteiger partial charge in [-0.1, -0.05) is 19.9 Å². The van der Waals surface area contributed by atoms with E-state index in [2.05, 4.69) is 30.7 Å². The number of nitrogens with zero attached hydrogens (tertiary/aromatic N) is 2. The number of hydrogen-bond donors (Lipinski definition) is 0. The first-order valence-corrected chi connectivity index (χ1v) is 10.3. The Bertz CT molecular complexity index is 581. The lowest BCUT2D eigenvalue weighted by molar-refractivity contribution is -0.0592. The Balaban J connectivity index is 1.74. The molecule has 1 aromatic heterocycles. The van der Waals surface area contributed by atoms with Gasteiger partial charge in [0.1, 0.15) is 5.69 Å². The Labute approximate surface area is 158 Å². The summed E-state index contributed by atoms with van der Waals surface area (Å²) in [7, 11) is 0. The highest BCUT2D eigenvalue weighted by Gasteiger charge is 2.49. The summed E-state index contributed by atoms with van der Waals surface area (Å²) < 4.78 is 5.81. The van der Waals surface area contributed by atoms with Crippen molar-refractivity contribution in [3.05, 3.63) is 30.1 Å². The lowest BCUT2D eigenvalue weighted by Gasteiger charge is -2.47. The second kappa shape index (κ2) is 8.62. The molecule has 0 aromatic carbocycles. The van der Waals surface area contributed by atoms with Crippen molar-refractivity contribution in [3.63, 3.8) is 0 Å². The molecule has 0 radical (unpaired) electrons. The number of pyridine rings is 1. The second-order valence-electron chi connectivity index (χ2n) is 8.63. The van der Waals surface area contributed by atoms with Crippen LogP contribution in [0.3, 0.4) is 0 Å². The first-order chi connectivity index (χ1) is 12.5. The molecule has 0 bridgehead atoms. The van der Waals surface area contributed by atoms with Gasteiger partial charge in [0.05, 0.1) is 6.10 Å².